The summed E-state index contributed by atoms with van der Waals surface area (Å²) >= 11 is 1.78. The van der Waals surface area contributed by atoms with Crippen molar-refractivity contribution < 1.29 is 4.79 Å². The molecule has 78 valence electrons. The molecule has 0 bridgehead atoms. The van der Waals surface area contributed by atoms with E-state index in [1.807, 2.05) is 13.0 Å². The molecule has 0 aromatic heterocycles. The van der Waals surface area contributed by atoms with Gasteiger partial charge in [-0.2, -0.15) is 17.0 Å². The molecule has 2 N–H and O–H groups in total. The van der Waals surface area contributed by atoms with Crippen LogP contribution in [0.3, 0.4) is 0 Å². The number of amides is 1. The van der Waals surface area contributed by atoms with E-state index in [1.165, 1.54) is 0 Å². The van der Waals surface area contributed by atoms with Crippen LogP contribution >= 0.6 is 11.8 Å². The normalized spacial score (nSPS) is 23.6. The van der Waals surface area contributed by atoms with Crippen molar-refractivity contribution in [3.05, 3.63) is 0 Å². The molecule has 1 saturated heterocycles. The Morgan fingerprint density at radius 2 is 2.64 bits per heavy atom. The number of carbonyl (C=O) groups is 1. The lowest BCUT2D eigenvalue weighted by Crippen LogP contribution is -2.50. The van der Waals surface area contributed by atoms with Crippen LogP contribution in [0.5, 0.6) is 0 Å². The van der Waals surface area contributed by atoms with Crippen LogP contribution in [-0.2, 0) is 4.79 Å². The van der Waals surface area contributed by atoms with Crippen LogP contribution in [-0.4, -0.2) is 36.0 Å². The van der Waals surface area contributed by atoms with Crippen molar-refractivity contribution in [2.75, 3.05) is 18.1 Å². The predicted molar refractivity (Wildman–Crippen MR) is 57.0 cm³/mol. The standard InChI is InChI=1S/C9H15N3OS/c1-7(2-3-10)12-9(13)8-6-14-5-4-11-8/h7-8,11H,2,4-6H2,1H3,(H,12,13). The molecule has 0 aliphatic carbocycles. The molecule has 0 spiro atoms. The molecule has 4 nitrogen and oxygen atoms in total. The molecule has 5 heteroatoms. The SMILES string of the molecule is CC(CC#N)NC(=O)C1CSCCN1. The molecule has 1 fully saturated rings. The fourth-order valence-corrected chi connectivity index (χ4v) is 2.20. The lowest BCUT2D eigenvalue weighted by Gasteiger charge is -2.23. The van der Waals surface area contributed by atoms with Gasteiger partial charge in [-0.3, -0.25) is 4.79 Å². The van der Waals surface area contributed by atoms with Crippen LogP contribution in [0.4, 0.5) is 0 Å². The van der Waals surface area contributed by atoms with Crippen LogP contribution < -0.4 is 10.6 Å². The van der Waals surface area contributed by atoms with Gasteiger partial charge in [0.2, 0.25) is 5.91 Å². The minimum atomic E-state index is -0.0881. The van der Waals surface area contributed by atoms with Crippen molar-refractivity contribution in [2.24, 2.45) is 0 Å². The van der Waals surface area contributed by atoms with Gasteiger partial charge in [-0.15, -0.1) is 0 Å². The van der Waals surface area contributed by atoms with Gasteiger partial charge in [0.1, 0.15) is 0 Å². The summed E-state index contributed by atoms with van der Waals surface area (Å²) in [6, 6.07) is 1.89. The van der Waals surface area contributed by atoms with Gasteiger partial charge in [0.25, 0.3) is 0 Å². The Bertz CT molecular complexity index is 233. The third kappa shape index (κ3) is 3.56. The molecule has 0 aromatic carbocycles. The van der Waals surface area contributed by atoms with Gasteiger partial charge in [-0.25, -0.2) is 0 Å². The number of nitriles is 1. The van der Waals surface area contributed by atoms with E-state index in [0.29, 0.717) is 6.42 Å². The fourth-order valence-electron chi connectivity index (χ4n) is 1.27. The zero-order valence-electron chi connectivity index (χ0n) is 8.25. The van der Waals surface area contributed by atoms with E-state index < -0.39 is 0 Å². The molecule has 2 unspecified atom stereocenters. The first-order valence-corrected chi connectivity index (χ1v) is 5.88. The monoisotopic (exact) mass is 213 g/mol. The number of thioether (sulfide) groups is 1. The van der Waals surface area contributed by atoms with Gasteiger partial charge in [0.05, 0.1) is 18.5 Å². The quantitative estimate of drug-likeness (QED) is 0.698. The maximum atomic E-state index is 11.6. The van der Waals surface area contributed by atoms with Gasteiger partial charge in [0.15, 0.2) is 0 Å². The Kier molecular flexibility index (Phi) is 4.77. The molecule has 1 aliphatic rings. The Morgan fingerprint density at radius 1 is 1.86 bits per heavy atom. The highest BCUT2D eigenvalue weighted by atomic mass is 32.2. The third-order valence-corrected chi connectivity index (χ3v) is 3.09. The highest BCUT2D eigenvalue weighted by molar-refractivity contribution is 7.99. The minimum absolute atomic E-state index is 0.0138. The second-order valence-electron chi connectivity index (χ2n) is 3.35. The molecule has 0 radical (unpaired) electrons. The number of rotatable bonds is 3. The van der Waals surface area contributed by atoms with Gasteiger partial charge < -0.3 is 10.6 Å². The van der Waals surface area contributed by atoms with Crippen molar-refractivity contribution in [2.45, 2.75) is 25.4 Å². The van der Waals surface area contributed by atoms with Crippen molar-refractivity contribution in [3.63, 3.8) is 0 Å². The summed E-state index contributed by atoms with van der Waals surface area (Å²) < 4.78 is 0. The van der Waals surface area contributed by atoms with Gasteiger partial charge >= 0.3 is 0 Å². The smallest absolute Gasteiger partial charge is 0.238 e. The van der Waals surface area contributed by atoms with Gasteiger partial charge in [-0.1, -0.05) is 0 Å². The highest BCUT2D eigenvalue weighted by Crippen LogP contribution is 2.07. The zero-order valence-corrected chi connectivity index (χ0v) is 9.06. The fraction of sp³-hybridized carbons (Fsp3) is 0.778. The van der Waals surface area contributed by atoms with E-state index in [4.69, 9.17) is 5.26 Å². The summed E-state index contributed by atoms with van der Waals surface area (Å²) in [6.45, 7) is 2.73. The summed E-state index contributed by atoms with van der Waals surface area (Å²) in [5.74, 6) is 1.91. The molecule has 1 amide bonds. The van der Waals surface area contributed by atoms with E-state index in [9.17, 15) is 4.79 Å². The minimum Gasteiger partial charge on any atom is -0.351 e. The average molecular weight is 213 g/mol. The van der Waals surface area contributed by atoms with E-state index in [1.54, 1.807) is 11.8 Å². The van der Waals surface area contributed by atoms with Crippen molar-refractivity contribution in [3.8, 4) is 6.07 Å². The molecule has 2 atom stereocenters. The molecular formula is C9H15N3OS. The lowest BCUT2D eigenvalue weighted by molar-refractivity contribution is -0.123. The Hall–Kier alpha value is -0.730. The Morgan fingerprint density at radius 3 is 3.21 bits per heavy atom. The van der Waals surface area contributed by atoms with Gasteiger partial charge in [0, 0.05) is 24.1 Å². The van der Waals surface area contributed by atoms with E-state index in [0.717, 1.165) is 18.1 Å². The molecule has 1 heterocycles. The van der Waals surface area contributed by atoms with Crippen LogP contribution in [0, 0.1) is 11.3 Å². The summed E-state index contributed by atoms with van der Waals surface area (Å²) in [5.41, 5.74) is 0. The number of hydrogen-bond donors (Lipinski definition) is 2. The van der Waals surface area contributed by atoms with Gasteiger partial charge in [-0.05, 0) is 6.92 Å². The Labute approximate surface area is 88.4 Å². The molecule has 1 aliphatic heterocycles. The number of hydrogen-bond acceptors (Lipinski definition) is 4. The molecule has 1 rings (SSSR count). The summed E-state index contributed by atoms with van der Waals surface area (Å²) in [5, 5.41) is 14.4. The number of nitrogens with one attached hydrogen (secondary N) is 2. The van der Waals surface area contributed by atoms with E-state index in [-0.39, 0.29) is 18.0 Å². The summed E-state index contributed by atoms with van der Waals surface area (Å²) in [6.07, 6.45) is 0.367. The van der Waals surface area contributed by atoms with E-state index >= 15 is 0 Å². The maximum absolute atomic E-state index is 11.6. The Balaban J connectivity index is 2.30. The second kappa shape index (κ2) is 5.89. The van der Waals surface area contributed by atoms with Crippen LogP contribution in [0.15, 0.2) is 0 Å². The first kappa shape index (κ1) is 11.3. The second-order valence-corrected chi connectivity index (χ2v) is 4.50. The van der Waals surface area contributed by atoms with Crippen molar-refractivity contribution in [1.82, 2.24) is 10.6 Å². The third-order valence-electron chi connectivity index (χ3n) is 2.02. The highest BCUT2D eigenvalue weighted by Gasteiger charge is 2.21. The maximum Gasteiger partial charge on any atom is 0.238 e. The molecule has 0 aromatic rings. The molecule has 0 saturated carbocycles. The van der Waals surface area contributed by atoms with Crippen LogP contribution in [0.1, 0.15) is 13.3 Å². The van der Waals surface area contributed by atoms with Crippen LogP contribution in [0.2, 0.25) is 0 Å². The summed E-state index contributed by atoms with van der Waals surface area (Å²) in [4.78, 5) is 11.6. The zero-order chi connectivity index (χ0) is 10.4. The number of carbonyl (C=O) groups excluding carboxylic acids is 1. The molecular weight excluding hydrogens is 198 g/mol. The van der Waals surface area contributed by atoms with Crippen molar-refractivity contribution >= 4 is 17.7 Å². The van der Waals surface area contributed by atoms with E-state index in [2.05, 4.69) is 10.6 Å². The average Bonchev–Trinajstić information content (AvgIpc) is 2.19. The van der Waals surface area contributed by atoms with Crippen molar-refractivity contribution in [1.29, 1.82) is 5.26 Å². The molecule has 14 heavy (non-hydrogen) atoms. The predicted octanol–water partition coefficient (Wildman–Crippen LogP) is 0.110. The first-order chi connectivity index (χ1) is 6.74. The largest absolute Gasteiger partial charge is 0.351 e. The number of nitrogens with zero attached hydrogens (tertiary/aromatic N) is 1. The lowest BCUT2D eigenvalue weighted by atomic mass is 10.2. The first-order valence-electron chi connectivity index (χ1n) is 4.72. The topological polar surface area (TPSA) is 64.9 Å². The van der Waals surface area contributed by atoms with Crippen LogP contribution in [0.25, 0.3) is 0 Å². The summed E-state index contributed by atoms with van der Waals surface area (Å²) in [7, 11) is 0.